The molecule has 0 bridgehead atoms. The van der Waals surface area contributed by atoms with Crippen LogP contribution in [0.2, 0.25) is 0 Å². The SMILES string of the molecule is CCCN(C[C@H]1CC(c2ccc(F)cc2)=NO1)C(=O)CC(C)C. The lowest BCUT2D eigenvalue weighted by Crippen LogP contribution is -2.38. The number of rotatable bonds is 7. The molecule has 0 fully saturated rings. The molecule has 1 aliphatic heterocycles. The second kappa shape index (κ2) is 8.09. The van der Waals surface area contributed by atoms with Gasteiger partial charge in [-0.05, 0) is 30.0 Å². The Morgan fingerprint density at radius 3 is 2.70 bits per heavy atom. The van der Waals surface area contributed by atoms with Gasteiger partial charge in [-0.3, -0.25) is 4.79 Å². The molecule has 0 N–H and O–H groups in total. The predicted molar refractivity (Wildman–Crippen MR) is 88.8 cm³/mol. The molecule has 0 spiro atoms. The molecule has 0 unspecified atom stereocenters. The van der Waals surface area contributed by atoms with Crippen molar-refractivity contribution in [2.24, 2.45) is 11.1 Å². The summed E-state index contributed by atoms with van der Waals surface area (Å²) in [5, 5.41) is 4.11. The number of nitrogens with zero attached hydrogens (tertiary/aromatic N) is 2. The monoisotopic (exact) mass is 320 g/mol. The topological polar surface area (TPSA) is 41.9 Å². The zero-order valence-corrected chi connectivity index (χ0v) is 14.1. The minimum atomic E-state index is -0.266. The number of carbonyl (C=O) groups is 1. The molecule has 23 heavy (non-hydrogen) atoms. The minimum Gasteiger partial charge on any atom is -0.390 e. The van der Waals surface area contributed by atoms with Crippen LogP contribution in [0.1, 0.15) is 45.6 Å². The third kappa shape index (κ3) is 5.05. The Kier molecular flexibility index (Phi) is 6.13. The highest BCUT2D eigenvalue weighted by Crippen LogP contribution is 2.19. The van der Waals surface area contributed by atoms with E-state index in [2.05, 4.69) is 12.1 Å². The van der Waals surface area contributed by atoms with Gasteiger partial charge in [-0.2, -0.15) is 0 Å². The fourth-order valence-electron chi connectivity index (χ4n) is 2.65. The number of halogens is 1. The highest BCUT2D eigenvalue weighted by Gasteiger charge is 2.26. The second-order valence-corrected chi connectivity index (χ2v) is 6.41. The Morgan fingerprint density at radius 1 is 1.39 bits per heavy atom. The van der Waals surface area contributed by atoms with Gasteiger partial charge in [0.05, 0.1) is 12.3 Å². The summed E-state index contributed by atoms with van der Waals surface area (Å²) in [6, 6.07) is 6.24. The summed E-state index contributed by atoms with van der Waals surface area (Å²) in [5.41, 5.74) is 1.67. The van der Waals surface area contributed by atoms with E-state index in [1.165, 1.54) is 12.1 Å². The van der Waals surface area contributed by atoms with Gasteiger partial charge in [0.2, 0.25) is 5.91 Å². The zero-order chi connectivity index (χ0) is 16.8. The van der Waals surface area contributed by atoms with E-state index in [-0.39, 0.29) is 17.8 Å². The number of benzene rings is 1. The first-order valence-electron chi connectivity index (χ1n) is 8.26. The van der Waals surface area contributed by atoms with Crippen molar-refractivity contribution >= 4 is 11.6 Å². The summed E-state index contributed by atoms with van der Waals surface area (Å²) in [6.45, 7) is 7.43. The molecule has 1 aliphatic rings. The van der Waals surface area contributed by atoms with Crippen LogP contribution in [0.3, 0.4) is 0 Å². The van der Waals surface area contributed by atoms with Crippen molar-refractivity contribution in [3.63, 3.8) is 0 Å². The highest BCUT2D eigenvalue weighted by molar-refractivity contribution is 6.01. The van der Waals surface area contributed by atoms with E-state index in [1.807, 2.05) is 18.7 Å². The van der Waals surface area contributed by atoms with Gasteiger partial charge >= 0.3 is 0 Å². The van der Waals surface area contributed by atoms with E-state index < -0.39 is 0 Å². The van der Waals surface area contributed by atoms with Crippen LogP contribution in [0.5, 0.6) is 0 Å². The lowest BCUT2D eigenvalue weighted by molar-refractivity contribution is -0.133. The second-order valence-electron chi connectivity index (χ2n) is 6.41. The molecular formula is C18H25FN2O2. The quantitative estimate of drug-likeness (QED) is 0.770. The van der Waals surface area contributed by atoms with Crippen molar-refractivity contribution in [2.75, 3.05) is 13.1 Å². The first-order chi connectivity index (χ1) is 11.0. The largest absolute Gasteiger partial charge is 0.390 e. The molecule has 0 saturated carbocycles. The Bertz CT molecular complexity index is 555. The fourth-order valence-corrected chi connectivity index (χ4v) is 2.65. The Hall–Kier alpha value is -1.91. The average Bonchev–Trinajstić information content (AvgIpc) is 2.95. The summed E-state index contributed by atoms with van der Waals surface area (Å²) < 4.78 is 13.0. The van der Waals surface area contributed by atoms with Crippen molar-refractivity contribution in [1.29, 1.82) is 0 Å². The van der Waals surface area contributed by atoms with Gasteiger partial charge in [0.1, 0.15) is 5.82 Å². The molecule has 0 saturated heterocycles. The van der Waals surface area contributed by atoms with E-state index >= 15 is 0 Å². The summed E-state index contributed by atoms with van der Waals surface area (Å²) >= 11 is 0. The normalized spacial score (nSPS) is 17.1. The summed E-state index contributed by atoms with van der Waals surface area (Å²) in [5.74, 6) is 0.247. The number of hydrogen-bond acceptors (Lipinski definition) is 3. The fraction of sp³-hybridized carbons (Fsp3) is 0.556. The number of carbonyl (C=O) groups excluding carboxylic acids is 1. The number of amides is 1. The lowest BCUT2D eigenvalue weighted by atomic mass is 10.0. The summed E-state index contributed by atoms with van der Waals surface area (Å²) in [7, 11) is 0. The van der Waals surface area contributed by atoms with Crippen LogP contribution in [0, 0.1) is 11.7 Å². The number of oxime groups is 1. The Balaban J connectivity index is 1.93. The van der Waals surface area contributed by atoms with Crippen LogP contribution in [-0.2, 0) is 9.63 Å². The predicted octanol–water partition coefficient (Wildman–Crippen LogP) is 3.60. The zero-order valence-electron chi connectivity index (χ0n) is 14.1. The van der Waals surface area contributed by atoms with Gasteiger partial charge in [-0.25, -0.2) is 4.39 Å². The maximum absolute atomic E-state index is 13.0. The standard InChI is InChI=1S/C18H25FN2O2/c1-4-9-21(18(22)10-13(2)3)12-16-11-17(20-23-16)14-5-7-15(19)8-6-14/h5-8,13,16H,4,9-12H2,1-3H3/t16-/m1/s1. The molecule has 0 aromatic heterocycles. The molecular weight excluding hydrogens is 295 g/mol. The van der Waals surface area contributed by atoms with E-state index in [1.54, 1.807) is 12.1 Å². The van der Waals surface area contributed by atoms with Crippen LogP contribution in [0.4, 0.5) is 4.39 Å². The third-order valence-corrected chi connectivity index (χ3v) is 3.76. The first kappa shape index (κ1) is 17.4. The molecule has 1 atom stereocenters. The smallest absolute Gasteiger partial charge is 0.222 e. The third-order valence-electron chi connectivity index (χ3n) is 3.76. The van der Waals surface area contributed by atoms with Gasteiger partial charge in [0.25, 0.3) is 0 Å². The van der Waals surface area contributed by atoms with E-state index in [0.717, 1.165) is 24.2 Å². The molecule has 126 valence electrons. The van der Waals surface area contributed by atoms with Crippen LogP contribution >= 0.6 is 0 Å². The molecule has 4 nitrogen and oxygen atoms in total. The molecule has 1 aromatic carbocycles. The summed E-state index contributed by atoms with van der Waals surface area (Å²) in [4.78, 5) is 19.7. The van der Waals surface area contributed by atoms with Crippen molar-refractivity contribution < 1.29 is 14.0 Å². The Morgan fingerprint density at radius 2 is 2.09 bits per heavy atom. The van der Waals surface area contributed by atoms with Crippen LogP contribution in [0.15, 0.2) is 29.4 Å². The van der Waals surface area contributed by atoms with Crippen molar-refractivity contribution in [2.45, 2.75) is 46.1 Å². The summed E-state index contributed by atoms with van der Waals surface area (Å²) in [6.07, 6.45) is 1.99. The number of hydrogen-bond donors (Lipinski definition) is 0. The van der Waals surface area contributed by atoms with Crippen molar-refractivity contribution in [3.8, 4) is 0 Å². The molecule has 2 rings (SSSR count). The van der Waals surface area contributed by atoms with Crippen molar-refractivity contribution in [3.05, 3.63) is 35.6 Å². The van der Waals surface area contributed by atoms with Crippen molar-refractivity contribution in [1.82, 2.24) is 4.90 Å². The van der Waals surface area contributed by atoms with Crippen LogP contribution in [0.25, 0.3) is 0 Å². The average molecular weight is 320 g/mol. The maximum atomic E-state index is 13.0. The molecule has 1 amide bonds. The van der Waals surface area contributed by atoms with E-state index in [0.29, 0.717) is 25.3 Å². The molecule has 5 heteroatoms. The van der Waals surface area contributed by atoms with Gasteiger partial charge in [-0.15, -0.1) is 0 Å². The van der Waals surface area contributed by atoms with Crippen LogP contribution in [-0.4, -0.2) is 35.7 Å². The molecule has 0 radical (unpaired) electrons. The van der Waals surface area contributed by atoms with Gasteiger partial charge < -0.3 is 9.74 Å². The maximum Gasteiger partial charge on any atom is 0.222 e. The molecule has 1 aromatic rings. The lowest BCUT2D eigenvalue weighted by Gasteiger charge is -2.25. The molecule has 0 aliphatic carbocycles. The van der Waals surface area contributed by atoms with E-state index in [4.69, 9.17) is 4.84 Å². The molecule has 1 heterocycles. The van der Waals surface area contributed by atoms with Gasteiger partial charge in [-0.1, -0.05) is 38.1 Å². The van der Waals surface area contributed by atoms with Crippen LogP contribution < -0.4 is 0 Å². The Labute approximate surface area is 137 Å². The first-order valence-corrected chi connectivity index (χ1v) is 8.26. The minimum absolute atomic E-state index is 0.127. The van der Waals surface area contributed by atoms with Gasteiger partial charge in [0, 0.05) is 19.4 Å². The highest BCUT2D eigenvalue weighted by atomic mass is 19.1. The van der Waals surface area contributed by atoms with Gasteiger partial charge in [0.15, 0.2) is 6.10 Å². The van der Waals surface area contributed by atoms with E-state index in [9.17, 15) is 9.18 Å².